The summed E-state index contributed by atoms with van der Waals surface area (Å²) in [4.78, 5) is 47.2. The minimum Gasteiger partial charge on any atom is -0.481 e. The van der Waals surface area contributed by atoms with Crippen LogP contribution in [-0.2, 0) is 23.8 Å². The summed E-state index contributed by atoms with van der Waals surface area (Å²) >= 11 is 0. The van der Waals surface area contributed by atoms with Crippen LogP contribution in [0.15, 0.2) is 23.6 Å². The first-order valence-corrected chi connectivity index (χ1v) is 13.0. The molecule has 41 heavy (non-hydrogen) atoms. The number of nitrogens with zero attached hydrogens (tertiary/aromatic N) is 2. The fourth-order valence-electron chi connectivity index (χ4n) is 3.22. The summed E-state index contributed by atoms with van der Waals surface area (Å²) in [5.74, 6) is -2.31. The number of nitrogen functional groups attached to an aromatic ring is 1. The Morgan fingerprint density at radius 3 is 2.24 bits per heavy atom. The first kappa shape index (κ1) is 37.5. The van der Waals surface area contributed by atoms with Crippen LogP contribution in [0.2, 0.25) is 0 Å². The van der Waals surface area contributed by atoms with Gasteiger partial charge >= 0.3 is 23.7 Å². The Balaban J connectivity index is 0.000000821. The van der Waals surface area contributed by atoms with E-state index in [2.05, 4.69) is 16.9 Å². The van der Waals surface area contributed by atoms with Gasteiger partial charge in [-0.1, -0.05) is 33.8 Å². The lowest BCUT2D eigenvalue weighted by atomic mass is 10.0. The van der Waals surface area contributed by atoms with Gasteiger partial charge in [-0.15, -0.1) is 6.58 Å². The number of alkyl halides is 1. The monoisotopic (exact) mass is 590 g/mol. The number of esters is 1. The molecule has 2 heterocycles. The van der Waals surface area contributed by atoms with Gasteiger partial charge in [-0.05, 0) is 32.6 Å². The van der Waals surface area contributed by atoms with Crippen LogP contribution in [0.3, 0.4) is 0 Å². The highest BCUT2D eigenvalue weighted by atomic mass is 19.1. The predicted octanol–water partition coefficient (Wildman–Crippen LogP) is 3.99. The van der Waals surface area contributed by atoms with E-state index in [1.165, 1.54) is 13.1 Å². The summed E-state index contributed by atoms with van der Waals surface area (Å²) in [6, 6.07) is 0. The van der Waals surface area contributed by atoms with Crippen LogP contribution >= 0.6 is 0 Å². The molecule has 14 heteroatoms. The summed E-state index contributed by atoms with van der Waals surface area (Å²) in [6.45, 7) is 16.3. The third-order valence-electron chi connectivity index (χ3n) is 5.02. The average molecular weight is 591 g/mol. The number of rotatable bonds is 8. The second-order valence-electron chi connectivity index (χ2n) is 11.2. The number of anilines is 1. The van der Waals surface area contributed by atoms with Gasteiger partial charge in [-0.2, -0.15) is 4.98 Å². The molecule has 0 aliphatic carbocycles. The van der Waals surface area contributed by atoms with Crippen molar-refractivity contribution in [3.05, 3.63) is 35.2 Å². The van der Waals surface area contributed by atoms with Gasteiger partial charge in [-0.3, -0.25) is 14.2 Å². The molecule has 2 rings (SSSR count). The number of hydrogen-bond acceptors (Lipinski definition) is 9. The molecule has 1 aliphatic rings. The zero-order valence-electron chi connectivity index (χ0n) is 25.0. The zero-order valence-corrected chi connectivity index (χ0v) is 25.0. The molecule has 3 atom stereocenters. The van der Waals surface area contributed by atoms with Crippen molar-refractivity contribution in [3.63, 3.8) is 0 Å². The molecule has 0 saturated carbocycles. The Morgan fingerprint density at radius 1 is 1.29 bits per heavy atom. The molecule has 1 saturated heterocycles. The first-order chi connectivity index (χ1) is 18.8. The molecule has 1 aliphatic heterocycles. The maximum Gasteiger partial charge on any atom is 0.407 e. The van der Waals surface area contributed by atoms with Crippen LogP contribution in [0.25, 0.3) is 0 Å². The van der Waals surface area contributed by atoms with Gasteiger partial charge in [0, 0.05) is 26.3 Å². The predicted molar refractivity (Wildman–Crippen MR) is 148 cm³/mol. The summed E-state index contributed by atoms with van der Waals surface area (Å²) in [6.07, 6.45) is -1.11. The number of alkyl carbamates (subject to hydrolysis) is 1. The van der Waals surface area contributed by atoms with E-state index in [1.54, 1.807) is 0 Å². The second kappa shape index (κ2) is 16.7. The van der Waals surface area contributed by atoms with Gasteiger partial charge in [0.2, 0.25) is 0 Å². The number of amides is 1. The van der Waals surface area contributed by atoms with Crippen molar-refractivity contribution in [3.8, 4) is 0 Å². The van der Waals surface area contributed by atoms with Gasteiger partial charge in [0.15, 0.2) is 17.9 Å². The number of carbonyl (C=O) groups excluding carboxylic acids is 2. The lowest BCUT2D eigenvalue weighted by Crippen LogP contribution is -2.35. The van der Waals surface area contributed by atoms with E-state index in [0.717, 1.165) is 6.20 Å². The number of carboxylic acid groups (broad SMARTS) is 1. The maximum atomic E-state index is 14.4. The highest BCUT2D eigenvalue weighted by Crippen LogP contribution is 2.39. The fraction of sp³-hybridized carbons (Fsp3) is 0.667. The van der Waals surface area contributed by atoms with Crippen molar-refractivity contribution < 1.29 is 42.5 Å². The van der Waals surface area contributed by atoms with Crippen LogP contribution in [0.5, 0.6) is 0 Å². The van der Waals surface area contributed by atoms with E-state index in [9.17, 15) is 28.0 Å². The summed E-state index contributed by atoms with van der Waals surface area (Å²) in [5, 5.41) is 10.4. The number of aliphatic carboxylic acids is 1. The molecule has 1 aromatic heterocycles. The third kappa shape index (κ3) is 14.6. The average Bonchev–Trinajstić information content (AvgIpc) is 3.15. The van der Waals surface area contributed by atoms with Crippen molar-refractivity contribution in [2.75, 3.05) is 19.4 Å². The van der Waals surface area contributed by atoms with Crippen LogP contribution in [0.4, 0.5) is 19.4 Å². The Labute approximate surface area is 239 Å². The Kier molecular flexibility index (Phi) is 15.2. The molecule has 4 N–H and O–H groups in total. The van der Waals surface area contributed by atoms with Crippen molar-refractivity contribution in [1.82, 2.24) is 14.9 Å². The quantitative estimate of drug-likeness (QED) is 0.297. The van der Waals surface area contributed by atoms with E-state index >= 15 is 0 Å². The summed E-state index contributed by atoms with van der Waals surface area (Å²) in [5.41, 5.74) is 2.57. The number of aromatic nitrogens is 2. The maximum absolute atomic E-state index is 14.4. The standard InChI is InChI=1S/C16H21F2N3O4.C6H13NO2.C5H10O2/c1-4-16(8-24-12(22)5-9(2)3)6-10(17)14(25-16)21-7-11(18)13(19)20-15(21)23;1-6(2,3)9-5(8)7-4;1-4(2)3-5(6)7/h4,7,9-10,14H,1,5-6,8H2,2-3H3,(H2,19,20,23);1-4H3,(H,7,8);4H,3H2,1-2H3,(H,6,7). The van der Waals surface area contributed by atoms with Crippen LogP contribution in [-0.4, -0.2) is 63.7 Å². The van der Waals surface area contributed by atoms with E-state index < -0.39 is 47.3 Å². The normalized spacial score (nSPS) is 19.8. The van der Waals surface area contributed by atoms with E-state index in [1.807, 2.05) is 48.5 Å². The Morgan fingerprint density at radius 2 is 1.85 bits per heavy atom. The van der Waals surface area contributed by atoms with Crippen molar-refractivity contribution in [1.29, 1.82) is 0 Å². The fourth-order valence-corrected chi connectivity index (χ4v) is 3.22. The summed E-state index contributed by atoms with van der Waals surface area (Å²) in [7, 11) is 1.54. The number of carbonyl (C=O) groups is 3. The largest absolute Gasteiger partial charge is 0.481 e. The number of hydrogen-bond donors (Lipinski definition) is 3. The molecule has 0 aromatic carbocycles. The summed E-state index contributed by atoms with van der Waals surface area (Å²) < 4.78 is 44.3. The number of ether oxygens (including phenoxy) is 3. The van der Waals surface area contributed by atoms with E-state index in [4.69, 9.17) is 25.1 Å². The molecule has 3 unspecified atom stereocenters. The van der Waals surface area contributed by atoms with Gasteiger partial charge in [0.1, 0.15) is 24.0 Å². The van der Waals surface area contributed by atoms with Gasteiger partial charge in [0.05, 0.1) is 6.20 Å². The lowest BCUT2D eigenvalue weighted by molar-refractivity contribution is -0.154. The molecule has 1 aromatic rings. The number of carboxylic acids is 1. The van der Waals surface area contributed by atoms with E-state index in [-0.39, 0.29) is 49.4 Å². The Bertz CT molecular complexity index is 1090. The molecule has 0 bridgehead atoms. The molecule has 1 fully saturated rings. The van der Waals surface area contributed by atoms with Crippen molar-refractivity contribution in [2.24, 2.45) is 11.8 Å². The molecule has 12 nitrogen and oxygen atoms in total. The van der Waals surface area contributed by atoms with Crippen LogP contribution in [0.1, 0.15) is 74.0 Å². The highest BCUT2D eigenvalue weighted by Gasteiger charge is 2.47. The molecule has 0 spiro atoms. The number of nitrogens with two attached hydrogens (primary N) is 1. The third-order valence-corrected chi connectivity index (χ3v) is 5.02. The second-order valence-corrected chi connectivity index (χ2v) is 11.2. The van der Waals surface area contributed by atoms with Gasteiger partial charge < -0.3 is 30.4 Å². The minimum absolute atomic E-state index is 0.112. The Hall–Kier alpha value is -3.55. The SMILES string of the molecule is C=CC1(COC(=O)CC(C)C)CC(F)C(n2cc(F)c(N)nc2=O)O1.CC(C)CC(=O)O.CNC(=O)OC(C)(C)C. The topological polar surface area (TPSA) is 172 Å². The lowest BCUT2D eigenvalue weighted by Gasteiger charge is -2.25. The first-order valence-electron chi connectivity index (χ1n) is 13.0. The smallest absolute Gasteiger partial charge is 0.407 e. The van der Waals surface area contributed by atoms with Crippen LogP contribution < -0.4 is 16.7 Å². The number of halogens is 2. The zero-order chi connectivity index (χ0) is 32.1. The highest BCUT2D eigenvalue weighted by molar-refractivity contribution is 5.69. The molecule has 1 amide bonds. The van der Waals surface area contributed by atoms with Gasteiger partial charge in [-0.25, -0.2) is 18.4 Å². The molecule has 234 valence electrons. The number of nitrogens with one attached hydrogen (secondary N) is 1. The van der Waals surface area contributed by atoms with Crippen molar-refractivity contribution >= 4 is 23.8 Å². The van der Waals surface area contributed by atoms with Gasteiger partial charge in [0.25, 0.3) is 0 Å². The van der Waals surface area contributed by atoms with E-state index in [0.29, 0.717) is 4.57 Å². The van der Waals surface area contributed by atoms with Crippen molar-refractivity contribution in [2.45, 2.75) is 91.3 Å². The van der Waals surface area contributed by atoms with Crippen LogP contribution in [0, 0.1) is 17.7 Å². The molecular weight excluding hydrogens is 546 g/mol. The minimum atomic E-state index is -1.65. The molecule has 0 radical (unpaired) electrons. The molecular formula is C27H44F2N4O8.